The first-order chi connectivity index (χ1) is 10.0. The summed E-state index contributed by atoms with van der Waals surface area (Å²) in [6.45, 7) is 0.269. The Morgan fingerprint density at radius 3 is 2.43 bits per heavy atom. The van der Waals surface area contributed by atoms with Crippen LogP contribution >= 0.6 is 39.1 Å². The number of methoxy groups -OCH3 is 1. The van der Waals surface area contributed by atoms with Crippen LogP contribution in [0.5, 0.6) is 5.75 Å². The van der Waals surface area contributed by atoms with E-state index >= 15 is 0 Å². The Kier molecular flexibility index (Phi) is 5.51. The zero-order valence-electron chi connectivity index (χ0n) is 11.0. The highest BCUT2D eigenvalue weighted by molar-refractivity contribution is 9.10. The number of hydrogen-bond acceptors (Lipinski definition) is 3. The molecule has 0 radical (unpaired) electrons. The second-order valence-electron chi connectivity index (χ2n) is 4.14. The second kappa shape index (κ2) is 7.16. The summed E-state index contributed by atoms with van der Waals surface area (Å²) < 4.78 is 11.1. The molecule has 0 aromatic heterocycles. The summed E-state index contributed by atoms with van der Waals surface area (Å²) in [7, 11) is 1.34. The Balaban J connectivity index is 2.16. The van der Waals surface area contributed by atoms with E-state index in [2.05, 4.69) is 20.7 Å². The fourth-order valence-corrected chi connectivity index (χ4v) is 2.68. The molecule has 2 aromatic carbocycles. The van der Waals surface area contributed by atoms with Gasteiger partial charge < -0.3 is 9.47 Å². The number of benzene rings is 2. The monoisotopic (exact) mass is 388 g/mol. The largest absolute Gasteiger partial charge is 0.486 e. The van der Waals surface area contributed by atoms with Crippen molar-refractivity contribution in [1.82, 2.24) is 0 Å². The lowest BCUT2D eigenvalue weighted by atomic mass is 10.1. The van der Waals surface area contributed by atoms with Crippen LogP contribution in [0.1, 0.15) is 15.9 Å². The number of esters is 1. The van der Waals surface area contributed by atoms with Crippen LogP contribution in [0.25, 0.3) is 0 Å². The Morgan fingerprint density at radius 2 is 1.86 bits per heavy atom. The Bertz CT molecular complexity index is 654. The molecule has 0 aliphatic rings. The summed E-state index contributed by atoms with van der Waals surface area (Å²) in [5.41, 5.74) is 1.32. The van der Waals surface area contributed by atoms with Crippen LogP contribution in [0, 0.1) is 0 Å². The van der Waals surface area contributed by atoms with Gasteiger partial charge in [0, 0.05) is 10.0 Å². The molecule has 0 amide bonds. The summed E-state index contributed by atoms with van der Waals surface area (Å²) >= 11 is 15.5. The highest BCUT2D eigenvalue weighted by atomic mass is 79.9. The minimum absolute atomic E-state index is 0.269. The van der Waals surface area contributed by atoms with Crippen molar-refractivity contribution in [2.24, 2.45) is 0 Å². The van der Waals surface area contributed by atoms with E-state index < -0.39 is 5.97 Å². The van der Waals surface area contributed by atoms with E-state index in [1.165, 1.54) is 7.11 Å². The molecular formula is C15H11BrCl2O3. The maximum absolute atomic E-state index is 11.4. The molecule has 2 rings (SSSR count). The van der Waals surface area contributed by atoms with Crippen molar-refractivity contribution in [3.05, 3.63) is 62.0 Å². The molecule has 0 fully saturated rings. The van der Waals surface area contributed by atoms with Crippen LogP contribution in [0.4, 0.5) is 0 Å². The fourth-order valence-electron chi connectivity index (χ4n) is 1.68. The highest BCUT2D eigenvalue weighted by Crippen LogP contribution is 2.33. The van der Waals surface area contributed by atoms with E-state index in [4.69, 9.17) is 27.9 Å². The molecule has 0 atom stereocenters. The summed E-state index contributed by atoms with van der Waals surface area (Å²) in [4.78, 5) is 11.4. The molecule has 0 spiro atoms. The SMILES string of the molecule is COC(=O)c1ccc(COc2c(Cl)cccc2Cl)c(Br)c1. The van der Waals surface area contributed by atoms with Crippen molar-refractivity contribution in [2.75, 3.05) is 7.11 Å². The molecule has 0 bridgehead atoms. The third kappa shape index (κ3) is 3.90. The number of carbonyl (C=O) groups is 1. The van der Waals surface area contributed by atoms with Gasteiger partial charge in [0.05, 0.1) is 22.7 Å². The van der Waals surface area contributed by atoms with E-state index in [9.17, 15) is 4.79 Å². The fraction of sp³-hybridized carbons (Fsp3) is 0.133. The maximum Gasteiger partial charge on any atom is 0.337 e. The van der Waals surface area contributed by atoms with Crippen molar-refractivity contribution in [1.29, 1.82) is 0 Å². The van der Waals surface area contributed by atoms with Crippen molar-refractivity contribution >= 4 is 45.1 Å². The number of ether oxygens (including phenoxy) is 2. The predicted octanol–water partition coefficient (Wildman–Crippen LogP) is 5.12. The number of para-hydroxylation sites is 1. The molecule has 0 heterocycles. The van der Waals surface area contributed by atoms with Crippen molar-refractivity contribution in [3.8, 4) is 5.75 Å². The molecule has 6 heteroatoms. The average molecular weight is 390 g/mol. The van der Waals surface area contributed by atoms with Crippen molar-refractivity contribution in [3.63, 3.8) is 0 Å². The molecular weight excluding hydrogens is 379 g/mol. The summed E-state index contributed by atoms with van der Waals surface area (Å²) in [5, 5.41) is 0.898. The van der Waals surface area contributed by atoms with Gasteiger partial charge in [0.2, 0.25) is 0 Å². The normalized spacial score (nSPS) is 10.3. The maximum atomic E-state index is 11.4. The molecule has 0 saturated heterocycles. The third-order valence-electron chi connectivity index (χ3n) is 2.77. The Labute approximate surface area is 140 Å². The van der Waals surface area contributed by atoms with Gasteiger partial charge in [-0.2, -0.15) is 0 Å². The Morgan fingerprint density at radius 1 is 1.19 bits per heavy atom. The molecule has 0 aliphatic carbocycles. The van der Waals surface area contributed by atoms with E-state index in [-0.39, 0.29) is 6.61 Å². The first-order valence-electron chi connectivity index (χ1n) is 5.96. The summed E-state index contributed by atoms with van der Waals surface area (Å²) in [5.74, 6) is 0.0436. The van der Waals surface area contributed by atoms with Gasteiger partial charge in [0.15, 0.2) is 5.75 Å². The van der Waals surface area contributed by atoms with Gasteiger partial charge in [-0.05, 0) is 24.3 Å². The number of hydrogen-bond donors (Lipinski definition) is 0. The summed E-state index contributed by atoms with van der Waals surface area (Å²) in [6, 6.07) is 10.3. The lowest BCUT2D eigenvalue weighted by molar-refractivity contribution is 0.0600. The van der Waals surface area contributed by atoms with Gasteiger partial charge >= 0.3 is 5.97 Å². The zero-order chi connectivity index (χ0) is 15.4. The zero-order valence-corrected chi connectivity index (χ0v) is 14.1. The van der Waals surface area contributed by atoms with Gasteiger partial charge in [0.25, 0.3) is 0 Å². The lowest BCUT2D eigenvalue weighted by Gasteiger charge is -2.11. The molecule has 21 heavy (non-hydrogen) atoms. The molecule has 3 nitrogen and oxygen atoms in total. The standard InChI is InChI=1S/C15H11BrCl2O3/c1-20-15(19)9-5-6-10(11(16)7-9)8-21-14-12(17)3-2-4-13(14)18/h2-7H,8H2,1H3. The van der Waals surface area contributed by atoms with E-state index in [1.54, 1.807) is 36.4 Å². The minimum atomic E-state index is -0.391. The topological polar surface area (TPSA) is 35.5 Å². The van der Waals surface area contributed by atoms with E-state index in [0.29, 0.717) is 21.4 Å². The van der Waals surface area contributed by atoms with Crippen LogP contribution in [0.2, 0.25) is 10.0 Å². The van der Waals surface area contributed by atoms with Gasteiger partial charge in [-0.1, -0.05) is 51.3 Å². The lowest BCUT2D eigenvalue weighted by Crippen LogP contribution is -2.03. The Hall–Kier alpha value is -1.23. The molecule has 0 aliphatic heterocycles. The van der Waals surface area contributed by atoms with Crippen LogP contribution in [0.3, 0.4) is 0 Å². The molecule has 2 aromatic rings. The predicted molar refractivity (Wildman–Crippen MR) is 86.3 cm³/mol. The van der Waals surface area contributed by atoms with E-state index in [1.807, 2.05) is 0 Å². The number of rotatable bonds is 4. The second-order valence-corrected chi connectivity index (χ2v) is 5.81. The molecule has 0 saturated carbocycles. The molecule has 0 unspecified atom stereocenters. The van der Waals surface area contributed by atoms with Gasteiger partial charge in [0.1, 0.15) is 6.61 Å². The van der Waals surface area contributed by atoms with Crippen LogP contribution in [-0.4, -0.2) is 13.1 Å². The average Bonchev–Trinajstić information content (AvgIpc) is 2.47. The summed E-state index contributed by atoms with van der Waals surface area (Å²) in [6.07, 6.45) is 0. The van der Waals surface area contributed by atoms with Crippen LogP contribution in [-0.2, 0) is 11.3 Å². The smallest absolute Gasteiger partial charge is 0.337 e. The number of halogens is 3. The third-order valence-corrected chi connectivity index (χ3v) is 4.10. The van der Waals surface area contributed by atoms with Crippen molar-refractivity contribution in [2.45, 2.75) is 6.61 Å². The first-order valence-corrected chi connectivity index (χ1v) is 7.51. The number of carbonyl (C=O) groups excluding carboxylic acids is 1. The minimum Gasteiger partial charge on any atom is -0.486 e. The van der Waals surface area contributed by atoms with Gasteiger partial charge in [-0.25, -0.2) is 4.79 Å². The van der Waals surface area contributed by atoms with Crippen LogP contribution in [0.15, 0.2) is 40.9 Å². The molecule has 110 valence electrons. The highest BCUT2D eigenvalue weighted by Gasteiger charge is 2.11. The molecule has 0 N–H and O–H groups in total. The van der Waals surface area contributed by atoms with E-state index in [0.717, 1.165) is 10.0 Å². The quantitative estimate of drug-likeness (QED) is 0.680. The van der Waals surface area contributed by atoms with Gasteiger partial charge in [-0.15, -0.1) is 0 Å². The van der Waals surface area contributed by atoms with Crippen molar-refractivity contribution < 1.29 is 14.3 Å². The first kappa shape index (κ1) is 16.1. The van der Waals surface area contributed by atoms with Crippen LogP contribution < -0.4 is 4.74 Å². The van der Waals surface area contributed by atoms with Gasteiger partial charge in [-0.3, -0.25) is 0 Å².